The highest BCUT2D eigenvalue weighted by atomic mass is 32.2. The monoisotopic (exact) mass is 337 g/mol. The highest BCUT2D eigenvalue weighted by molar-refractivity contribution is 8.26. The van der Waals surface area contributed by atoms with Gasteiger partial charge in [-0.25, -0.2) is 0 Å². The van der Waals surface area contributed by atoms with Gasteiger partial charge in [0.15, 0.2) is 0 Å². The molecule has 1 aliphatic heterocycles. The standard InChI is InChI=1S/C14H11NO5S2/c1-8(16)20-10-5-3-2-4-9(10)6-11-13(19)15(7-12(17)18)14(21)22-11/h2-6H,7H2,1H3,(H,17,18). The van der Waals surface area contributed by atoms with Gasteiger partial charge in [0.2, 0.25) is 0 Å². The minimum absolute atomic E-state index is 0.184. The van der Waals surface area contributed by atoms with Gasteiger partial charge in [-0.3, -0.25) is 19.3 Å². The fourth-order valence-electron chi connectivity index (χ4n) is 1.76. The van der Waals surface area contributed by atoms with Crippen molar-refractivity contribution >= 4 is 52.2 Å². The van der Waals surface area contributed by atoms with Gasteiger partial charge in [-0.15, -0.1) is 0 Å². The molecule has 8 heteroatoms. The smallest absolute Gasteiger partial charge is 0.323 e. The number of benzene rings is 1. The van der Waals surface area contributed by atoms with Crippen LogP contribution in [-0.2, 0) is 14.4 Å². The molecule has 0 bridgehead atoms. The van der Waals surface area contributed by atoms with Crippen LogP contribution in [-0.4, -0.2) is 38.7 Å². The van der Waals surface area contributed by atoms with E-state index in [1.54, 1.807) is 24.3 Å². The van der Waals surface area contributed by atoms with E-state index in [9.17, 15) is 14.4 Å². The third-order valence-corrected chi connectivity index (χ3v) is 4.00. The quantitative estimate of drug-likeness (QED) is 0.389. The number of hydrogen-bond acceptors (Lipinski definition) is 6. The molecule has 0 aliphatic carbocycles. The third-order valence-electron chi connectivity index (χ3n) is 2.63. The summed E-state index contributed by atoms with van der Waals surface area (Å²) in [5, 5.41) is 8.79. The van der Waals surface area contributed by atoms with Crippen molar-refractivity contribution in [3.8, 4) is 5.75 Å². The van der Waals surface area contributed by atoms with Crippen molar-refractivity contribution in [2.75, 3.05) is 6.54 Å². The lowest BCUT2D eigenvalue weighted by Crippen LogP contribution is -2.33. The van der Waals surface area contributed by atoms with Gasteiger partial charge in [0.25, 0.3) is 5.91 Å². The lowest BCUT2D eigenvalue weighted by atomic mass is 10.2. The largest absolute Gasteiger partial charge is 0.480 e. The number of rotatable bonds is 4. The Morgan fingerprint density at radius 1 is 1.41 bits per heavy atom. The zero-order chi connectivity index (χ0) is 16.3. The van der Waals surface area contributed by atoms with Crippen molar-refractivity contribution in [1.82, 2.24) is 4.90 Å². The number of carbonyl (C=O) groups excluding carboxylic acids is 2. The first-order chi connectivity index (χ1) is 10.4. The Morgan fingerprint density at radius 2 is 2.09 bits per heavy atom. The lowest BCUT2D eigenvalue weighted by molar-refractivity contribution is -0.140. The zero-order valence-electron chi connectivity index (χ0n) is 11.4. The Balaban J connectivity index is 2.31. The van der Waals surface area contributed by atoms with Crippen LogP contribution in [0.5, 0.6) is 5.75 Å². The Bertz CT molecular complexity index is 698. The molecule has 22 heavy (non-hydrogen) atoms. The van der Waals surface area contributed by atoms with E-state index in [-0.39, 0.29) is 9.23 Å². The molecule has 0 saturated carbocycles. The van der Waals surface area contributed by atoms with Gasteiger partial charge in [0, 0.05) is 12.5 Å². The van der Waals surface area contributed by atoms with Gasteiger partial charge >= 0.3 is 11.9 Å². The molecule has 0 aromatic heterocycles. The molecule has 114 valence electrons. The van der Waals surface area contributed by atoms with Gasteiger partial charge in [-0.1, -0.05) is 42.2 Å². The number of esters is 1. The minimum atomic E-state index is -1.14. The summed E-state index contributed by atoms with van der Waals surface area (Å²) in [4.78, 5) is 35.3. The van der Waals surface area contributed by atoms with Crippen LogP contribution in [0.4, 0.5) is 0 Å². The maximum Gasteiger partial charge on any atom is 0.323 e. The number of carboxylic acid groups (broad SMARTS) is 1. The number of hydrogen-bond donors (Lipinski definition) is 1. The molecule has 1 aromatic carbocycles. The molecule has 1 aliphatic rings. The average Bonchev–Trinajstić information content (AvgIpc) is 2.68. The summed E-state index contributed by atoms with van der Waals surface area (Å²) in [6.07, 6.45) is 1.53. The van der Waals surface area contributed by atoms with E-state index in [1.807, 2.05) is 0 Å². The Labute approximate surface area is 135 Å². The molecule has 0 radical (unpaired) electrons. The van der Waals surface area contributed by atoms with Crippen molar-refractivity contribution in [3.05, 3.63) is 34.7 Å². The fraction of sp³-hybridized carbons (Fsp3) is 0.143. The predicted octanol–water partition coefficient (Wildman–Crippen LogP) is 1.90. The summed E-state index contributed by atoms with van der Waals surface area (Å²) in [7, 11) is 0. The van der Waals surface area contributed by atoms with Crippen LogP contribution >= 0.6 is 24.0 Å². The van der Waals surface area contributed by atoms with E-state index in [0.29, 0.717) is 11.3 Å². The third kappa shape index (κ3) is 3.71. The molecule has 6 nitrogen and oxygen atoms in total. The van der Waals surface area contributed by atoms with E-state index in [1.165, 1.54) is 13.0 Å². The molecular formula is C14H11NO5S2. The second kappa shape index (κ2) is 6.71. The Morgan fingerprint density at radius 3 is 2.73 bits per heavy atom. The molecule has 1 N–H and O–H groups in total. The van der Waals surface area contributed by atoms with Gasteiger partial charge in [-0.05, 0) is 12.1 Å². The van der Waals surface area contributed by atoms with E-state index in [0.717, 1.165) is 16.7 Å². The molecular weight excluding hydrogens is 326 g/mol. The summed E-state index contributed by atoms with van der Waals surface area (Å²) in [6, 6.07) is 6.72. The van der Waals surface area contributed by atoms with Crippen molar-refractivity contribution < 1.29 is 24.2 Å². The van der Waals surface area contributed by atoms with Crippen LogP contribution in [0.1, 0.15) is 12.5 Å². The van der Waals surface area contributed by atoms with Crippen LogP contribution in [0.2, 0.25) is 0 Å². The van der Waals surface area contributed by atoms with Gasteiger partial charge in [-0.2, -0.15) is 0 Å². The first-order valence-electron chi connectivity index (χ1n) is 6.13. The number of aliphatic carboxylic acids is 1. The van der Waals surface area contributed by atoms with Crippen molar-refractivity contribution in [1.29, 1.82) is 0 Å². The first-order valence-corrected chi connectivity index (χ1v) is 7.35. The van der Waals surface area contributed by atoms with Crippen molar-refractivity contribution in [2.45, 2.75) is 6.92 Å². The first kappa shape index (κ1) is 16.2. The van der Waals surface area contributed by atoms with E-state index in [2.05, 4.69) is 0 Å². The summed E-state index contributed by atoms with van der Waals surface area (Å²) < 4.78 is 5.25. The highest BCUT2D eigenvalue weighted by Crippen LogP contribution is 2.34. The van der Waals surface area contributed by atoms with Crippen LogP contribution in [0.25, 0.3) is 6.08 Å². The SMILES string of the molecule is CC(=O)Oc1ccccc1C=C1SC(=S)N(CC(=O)O)C1=O. The molecule has 1 heterocycles. The highest BCUT2D eigenvalue weighted by Gasteiger charge is 2.33. The maximum atomic E-state index is 12.2. The number of carbonyl (C=O) groups is 3. The van der Waals surface area contributed by atoms with Crippen LogP contribution in [0.15, 0.2) is 29.2 Å². The second-order valence-corrected chi connectivity index (χ2v) is 5.97. The molecule has 2 rings (SSSR count). The fourth-order valence-corrected chi connectivity index (χ4v) is 3.01. The normalized spacial score (nSPS) is 16.2. The number of para-hydroxylation sites is 1. The lowest BCUT2D eigenvalue weighted by Gasteiger charge is -2.10. The summed E-state index contributed by atoms with van der Waals surface area (Å²) in [5.41, 5.74) is 0.536. The van der Waals surface area contributed by atoms with Gasteiger partial charge in [0.1, 0.15) is 16.6 Å². The number of ether oxygens (including phenoxy) is 1. The van der Waals surface area contributed by atoms with Crippen molar-refractivity contribution in [2.24, 2.45) is 0 Å². The summed E-state index contributed by atoms with van der Waals surface area (Å²) in [5.74, 6) is -1.77. The topological polar surface area (TPSA) is 83.9 Å². The van der Waals surface area contributed by atoms with Crippen molar-refractivity contribution in [3.63, 3.8) is 0 Å². The van der Waals surface area contributed by atoms with E-state index >= 15 is 0 Å². The number of carboxylic acids is 1. The van der Waals surface area contributed by atoms with Crippen LogP contribution in [0.3, 0.4) is 0 Å². The second-order valence-electron chi connectivity index (χ2n) is 4.29. The molecule has 1 aromatic rings. The van der Waals surface area contributed by atoms with Crippen LogP contribution in [0, 0.1) is 0 Å². The summed E-state index contributed by atoms with van der Waals surface area (Å²) >= 11 is 6.02. The molecule has 1 saturated heterocycles. The molecule has 0 atom stereocenters. The van der Waals surface area contributed by atoms with Crippen LogP contribution < -0.4 is 4.74 Å². The van der Waals surface area contributed by atoms with Gasteiger partial charge < -0.3 is 9.84 Å². The minimum Gasteiger partial charge on any atom is -0.480 e. The molecule has 0 spiro atoms. The van der Waals surface area contributed by atoms with Gasteiger partial charge in [0.05, 0.1) is 4.91 Å². The Hall–Kier alpha value is -2.19. The zero-order valence-corrected chi connectivity index (χ0v) is 13.1. The maximum absolute atomic E-state index is 12.2. The Kier molecular flexibility index (Phi) is 4.94. The number of thiocarbonyl (C=S) groups is 1. The van der Waals surface area contributed by atoms with E-state index in [4.69, 9.17) is 22.1 Å². The number of amides is 1. The average molecular weight is 337 g/mol. The molecule has 0 unspecified atom stereocenters. The molecule has 1 fully saturated rings. The molecule has 1 amide bonds. The number of thioether (sulfide) groups is 1. The predicted molar refractivity (Wildman–Crippen MR) is 85.3 cm³/mol. The van der Waals surface area contributed by atoms with E-state index < -0.39 is 24.4 Å². The summed E-state index contributed by atoms with van der Waals surface area (Å²) in [6.45, 7) is 0.802. The number of nitrogens with zero attached hydrogens (tertiary/aromatic N) is 1.